The summed E-state index contributed by atoms with van der Waals surface area (Å²) in [6.07, 6.45) is 3.64. The highest BCUT2D eigenvalue weighted by molar-refractivity contribution is 5.77. The van der Waals surface area contributed by atoms with Gasteiger partial charge in [-0.3, -0.25) is 4.79 Å². The van der Waals surface area contributed by atoms with Gasteiger partial charge in [0.1, 0.15) is 0 Å². The van der Waals surface area contributed by atoms with Gasteiger partial charge in [-0.1, -0.05) is 13.3 Å². The molecule has 1 aliphatic heterocycles. The number of rotatable bonds is 3. The molecule has 18 heavy (non-hydrogen) atoms. The summed E-state index contributed by atoms with van der Waals surface area (Å²) in [7, 11) is 0. The number of carboxylic acids is 1. The van der Waals surface area contributed by atoms with Crippen molar-refractivity contribution in [1.82, 2.24) is 10.2 Å². The van der Waals surface area contributed by atoms with Gasteiger partial charge in [0.15, 0.2) is 0 Å². The SMILES string of the molecule is CC1CN(C(=O)NC(C)C2CCC2)CC1C(=O)O. The van der Waals surface area contributed by atoms with Gasteiger partial charge in [-0.25, -0.2) is 4.79 Å². The summed E-state index contributed by atoms with van der Waals surface area (Å²) in [5.74, 6) is -0.587. The third-order valence-corrected chi connectivity index (χ3v) is 4.42. The average molecular weight is 254 g/mol. The van der Waals surface area contributed by atoms with Crippen LogP contribution < -0.4 is 5.32 Å². The van der Waals surface area contributed by atoms with E-state index in [1.165, 1.54) is 19.3 Å². The van der Waals surface area contributed by atoms with Gasteiger partial charge >= 0.3 is 12.0 Å². The first kappa shape index (κ1) is 13.2. The maximum absolute atomic E-state index is 12.0. The molecule has 3 unspecified atom stereocenters. The van der Waals surface area contributed by atoms with Gasteiger partial charge in [0, 0.05) is 19.1 Å². The topological polar surface area (TPSA) is 69.6 Å². The zero-order valence-electron chi connectivity index (χ0n) is 11.1. The molecule has 2 aliphatic rings. The van der Waals surface area contributed by atoms with Crippen molar-refractivity contribution < 1.29 is 14.7 Å². The zero-order chi connectivity index (χ0) is 13.3. The van der Waals surface area contributed by atoms with Crippen molar-refractivity contribution in [3.63, 3.8) is 0 Å². The molecule has 1 saturated carbocycles. The molecule has 0 spiro atoms. The number of likely N-dealkylation sites (tertiary alicyclic amines) is 1. The van der Waals surface area contributed by atoms with E-state index in [4.69, 9.17) is 5.11 Å². The van der Waals surface area contributed by atoms with Crippen molar-refractivity contribution in [3.05, 3.63) is 0 Å². The molecule has 2 N–H and O–H groups in total. The quantitative estimate of drug-likeness (QED) is 0.802. The molecule has 3 atom stereocenters. The highest BCUT2D eigenvalue weighted by atomic mass is 16.4. The first-order chi connectivity index (χ1) is 8.49. The molecule has 5 heteroatoms. The van der Waals surface area contributed by atoms with Gasteiger partial charge in [0.25, 0.3) is 0 Å². The number of nitrogens with one attached hydrogen (secondary N) is 1. The number of carboxylic acid groups (broad SMARTS) is 1. The number of urea groups is 1. The number of hydrogen-bond acceptors (Lipinski definition) is 2. The fourth-order valence-electron chi connectivity index (χ4n) is 2.80. The van der Waals surface area contributed by atoms with Crippen LogP contribution in [0.1, 0.15) is 33.1 Å². The third-order valence-electron chi connectivity index (χ3n) is 4.42. The molecule has 0 aromatic rings. The van der Waals surface area contributed by atoms with E-state index in [-0.39, 0.29) is 18.0 Å². The van der Waals surface area contributed by atoms with Gasteiger partial charge in [0.05, 0.1) is 5.92 Å². The van der Waals surface area contributed by atoms with Crippen LogP contribution in [0.25, 0.3) is 0 Å². The number of carbonyl (C=O) groups is 2. The lowest BCUT2D eigenvalue weighted by Gasteiger charge is -2.33. The summed E-state index contributed by atoms with van der Waals surface area (Å²) in [5.41, 5.74) is 0. The molecule has 5 nitrogen and oxygen atoms in total. The van der Waals surface area contributed by atoms with Gasteiger partial charge < -0.3 is 15.3 Å². The van der Waals surface area contributed by atoms with E-state index < -0.39 is 11.9 Å². The van der Waals surface area contributed by atoms with E-state index in [2.05, 4.69) is 5.32 Å². The summed E-state index contributed by atoms with van der Waals surface area (Å²) in [4.78, 5) is 24.7. The fourth-order valence-corrected chi connectivity index (χ4v) is 2.80. The lowest BCUT2D eigenvalue weighted by atomic mass is 9.80. The van der Waals surface area contributed by atoms with Crippen LogP contribution in [0, 0.1) is 17.8 Å². The Balaban J connectivity index is 1.84. The number of amides is 2. The molecule has 2 fully saturated rings. The third kappa shape index (κ3) is 2.60. The number of aliphatic carboxylic acids is 1. The molecule has 0 radical (unpaired) electrons. The van der Waals surface area contributed by atoms with Crippen LogP contribution in [0.3, 0.4) is 0 Å². The molecule has 1 saturated heterocycles. The zero-order valence-corrected chi connectivity index (χ0v) is 11.1. The Hall–Kier alpha value is -1.26. The molecule has 0 aromatic heterocycles. The van der Waals surface area contributed by atoms with Crippen LogP contribution in [0.5, 0.6) is 0 Å². The van der Waals surface area contributed by atoms with Gasteiger partial charge in [-0.15, -0.1) is 0 Å². The number of nitrogens with zero attached hydrogens (tertiary/aromatic N) is 1. The average Bonchev–Trinajstić information content (AvgIpc) is 2.57. The second kappa shape index (κ2) is 5.16. The summed E-state index contributed by atoms with van der Waals surface area (Å²) in [5, 5.41) is 12.0. The molecule has 0 aromatic carbocycles. The van der Waals surface area contributed by atoms with E-state index >= 15 is 0 Å². The summed E-state index contributed by atoms with van der Waals surface area (Å²) >= 11 is 0. The smallest absolute Gasteiger partial charge is 0.317 e. The second-order valence-electron chi connectivity index (χ2n) is 5.76. The van der Waals surface area contributed by atoms with Crippen LogP contribution in [-0.2, 0) is 4.79 Å². The Bertz CT molecular complexity index is 341. The van der Waals surface area contributed by atoms with Crippen molar-refractivity contribution in [2.24, 2.45) is 17.8 Å². The Morgan fingerprint density at radius 3 is 2.44 bits per heavy atom. The first-order valence-electron chi connectivity index (χ1n) is 6.77. The van der Waals surface area contributed by atoms with E-state index in [0.717, 1.165) is 0 Å². The Morgan fingerprint density at radius 1 is 1.33 bits per heavy atom. The molecular weight excluding hydrogens is 232 g/mol. The monoisotopic (exact) mass is 254 g/mol. The minimum Gasteiger partial charge on any atom is -0.481 e. The molecule has 1 heterocycles. The number of carbonyl (C=O) groups excluding carboxylic acids is 1. The second-order valence-corrected chi connectivity index (χ2v) is 5.76. The van der Waals surface area contributed by atoms with Crippen molar-refractivity contribution in [2.45, 2.75) is 39.2 Å². The molecular formula is C13H22N2O3. The van der Waals surface area contributed by atoms with E-state index in [0.29, 0.717) is 19.0 Å². The lowest BCUT2D eigenvalue weighted by molar-refractivity contribution is -0.142. The van der Waals surface area contributed by atoms with Crippen molar-refractivity contribution >= 4 is 12.0 Å². The maximum Gasteiger partial charge on any atom is 0.317 e. The summed E-state index contributed by atoms with van der Waals surface area (Å²) in [6, 6.07) is 0.0930. The largest absolute Gasteiger partial charge is 0.481 e. The predicted molar refractivity (Wildman–Crippen MR) is 67.2 cm³/mol. The highest BCUT2D eigenvalue weighted by Crippen LogP contribution is 2.30. The molecule has 0 bridgehead atoms. The molecule has 2 amide bonds. The van der Waals surface area contributed by atoms with Crippen LogP contribution in [-0.4, -0.2) is 41.1 Å². The van der Waals surface area contributed by atoms with Crippen LogP contribution in [0.15, 0.2) is 0 Å². The van der Waals surface area contributed by atoms with Gasteiger partial charge in [-0.2, -0.15) is 0 Å². The van der Waals surface area contributed by atoms with Crippen LogP contribution in [0.4, 0.5) is 4.79 Å². The normalized spacial score (nSPS) is 29.8. The number of hydrogen-bond donors (Lipinski definition) is 2. The van der Waals surface area contributed by atoms with Crippen LogP contribution >= 0.6 is 0 Å². The minimum absolute atomic E-state index is 0.0345. The van der Waals surface area contributed by atoms with E-state index in [9.17, 15) is 9.59 Å². The highest BCUT2D eigenvalue weighted by Gasteiger charge is 2.37. The molecule has 102 valence electrons. The predicted octanol–water partition coefficient (Wildman–Crippen LogP) is 1.54. The lowest BCUT2D eigenvalue weighted by Crippen LogP contribution is -2.47. The van der Waals surface area contributed by atoms with E-state index in [1.54, 1.807) is 4.90 Å². The maximum atomic E-state index is 12.0. The first-order valence-corrected chi connectivity index (χ1v) is 6.77. The molecule has 2 rings (SSSR count). The van der Waals surface area contributed by atoms with Gasteiger partial charge in [-0.05, 0) is 31.6 Å². The Labute approximate surface area is 108 Å². The van der Waals surface area contributed by atoms with Crippen molar-refractivity contribution in [1.29, 1.82) is 0 Å². The van der Waals surface area contributed by atoms with Crippen molar-refractivity contribution in [2.75, 3.05) is 13.1 Å². The standard InChI is InChI=1S/C13H22N2O3/c1-8-6-15(7-11(8)12(16)17)13(18)14-9(2)10-4-3-5-10/h8-11H,3-7H2,1-2H3,(H,14,18)(H,16,17). The minimum atomic E-state index is -0.801. The Morgan fingerprint density at radius 2 is 2.00 bits per heavy atom. The summed E-state index contributed by atoms with van der Waals surface area (Å²) in [6.45, 7) is 4.80. The van der Waals surface area contributed by atoms with Crippen molar-refractivity contribution in [3.8, 4) is 0 Å². The molecule has 1 aliphatic carbocycles. The Kier molecular flexibility index (Phi) is 3.78. The fraction of sp³-hybridized carbons (Fsp3) is 0.846. The van der Waals surface area contributed by atoms with Crippen LogP contribution in [0.2, 0.25) is 0 Å². The van der Waals surface area contributed by atoms with E-state index in [1.807, 2.05) is 13.8 Å². The van der Waals surface area contributed by atoms with Gasteiger partial charge in [0.2, 0.25) is 0 Å². The summed E-state index contributed by atoms with van der Waals surface area (Å²) < 4.78 is 0.